The van der Waals surface area contributed by atoms with Crippen molar-refractivity contribution in [2.45, 2.75) is 26.1 Å². The van der Waals surface area contributed by atoms with Crippen molar-refractivity contribution in [3.8, 4) is 11.5 Å². The van der Waals surface area contributed by atoms with Crippen LogP contribution in [0.2, 0.25) is 0 Å². The second kappa shape index (κ2) is 6.48. The van der Waals surface area contributed by atoms with E-state index in [0.717, 1.165) is 22.9 Å². The van der Waals surface area contributed by atoms with E-state index in [2.05, 4.69) is 0 Å². The second-order valence-electron chi connectivity index (χ2n) is 7.63. The van der Waals surface area contributed by atoms with Crippen LogP contribution in [0.15, 0.2) is 35.3 Å². The van der Waals surface area contributed by atoms with Gasteiger partial charge in [0.05, 0.1) is 24.1 Å². The Hall–Kier alpha value is -3.55. The lowest BCUT2D eigenvalue weighted by Crippen LogP contribution is -2.28. The molecule has 5 rings (SSSR count). The van der Waals surface area contributed by atoms with E-state index in [0.29, 0.717) is 18.6 Å². The number of aromatic carboxylic acids is 1. The van der Waals surface area contributed by atoms with E-state index in [-0.39, 0.29) is 35.0 Å². The van der Waals surface area contributed by atoms with Crippen LogP contribution in [0.3, 0.4) is 0 Å². The lowest BCUT2D eigenvalue weighted by atomic mass is 10.1. The summed E-state index contributed by atoms with van der Waals surface area (Å²) in [5.74, 6) is -0.950. The van der Waals surface area contributed by atoms with Crippen LogP contribution in [0.1, 0.15) is 34.5 Å². The molecule has 1 unspecified atom stereocenters. The number of carbonyl (C=O) groups is 1. The molecule has 0 spiro atoms. The van der Waals surface area contributed by atoms with E-state index >= 15 is 4.39 Å². The summed E-state index contributed by atoms with van der Waals surface area (Å²) in [7, 11) is 1.60. The van der Waals surface area contributed by atoms with E-state index in [1.54, 1.807) is 11.7 Å². The van der Waals surface area contributed by atoms with Crippen LogP contribution >= 0.6 is 0 Å². The van der Waals surface area contributed by atoms with Gasteiger partial charge in [-0.3, -0.25) is 4.79 Å². The van der Waals surface area contributed by atoms with Crippen molar-refractivity contribution in [1.82, 2.24) is 4.57 Å². The third kappa shape index (κ3) is 2.49. The van der Waals surface area contributed by atoms with Gasteiger partial charge in [-0.05, 0) is 24.6 Å². The van der Waals surface area contributed by atoms with Crippen LogP contribution in [0.25, 0.3) is 10.9 Å². The zero-order valence-electron chi connectivity index (χ0n) is 16.4. The molecule has 0 bridgehead atoms. The predicted molar refractivity (Wildman–Crippen MR) is 108 cm³/mol. The molecule has 0 amide bonds. The van der Waals surface area contributed by atoms with E-state index in [4.69, 9.17) is 9.47 Å². The van der Waals surface area contributed by atoms with Gasteiger partial charge in [-0.2, -0.15) is 0 Å². The molecular weight excluding hydrogens is 391 g/mol. The molecule has 8 heteroatoms. The number of carboxylic acids is 1. The Kier molecular flexibility index (Phi) is 3.99. The number of hydrogen-bond donors (Lipinski definition) is 1. The number of ether oxygens (including phenoxy) is 2. The predicted octanol–water partition coefficient (Wildman–Crippen LogP) is 3.32. The molecule has 2 aromatic carbocycles. The fraction of sp³-hybridized carbons (Fsp3) is 0.273. The maximum atomic E-state index is 15.3. The van der Waals surface area contributed by atoms with Crippen molar-refractivity contribution >= 4 is 22.6 Å². The van der Waals surface area contributed by atoms with Gasteiger partial charge >= 0.3 is 5.97 Å². The molecule has 1 atom stereocenters. The number of carboxylic acid groups (broad SMARTS) is 1. The molecule has 0 fully saturated rings. The van der Waals surface area contributed by atoms with Crippen molar-refractivity contribution in [1.29, 1.82) is 0 Å². The van der Waals surface area contributed by atoms with Gasteiger partial charge in [0.1, 0.15) is 23.6 Å². The van der Waals surface area contributed by atoms with Crippen molar-refractivity contribution in [3.63, 3.8) is 0 Å². The van der Waals surface area contributed by atoms with Crippen LogP contribution in [0, 0.1) is 5.82 Å². The van der Waals surface area contributed by atoms with Gasteiger partial charge in [-0.25, -0.2) is 9.18 Å². The quantitative estimate of drug-likeness (QED) is 0.714. The summed E-state index contributed by atoms with van der Waals surface area (Å²) in [6, 6.07) is 6.66. The number of pyridine rings is 1. The van der Waals surface area contributed by atoms with Crippen LogP contribution < -0.4 is 19.8 Å². The van der Waals surface area contributed by atoms with Crippen LogP contribution in [0.5, 0.6) is 11.5 Å². The normalized spacial score (nSPS) is 17.0. The highest BCUT2D eigenvalue weighted by Crippen LogP contribution is 2.45. The van der Waals surface area contributed by atoms with Crippen molar-refractivity contribution in [2.75, 3.05) is 18.6 Å². The van der Waals surface area contributed by atoms with Gasteiger partial charge in [0, 0.05) is 24.8 Å². The molecule has 0 saturated carbocycles. The Morgan fingerprint density at radius 2 is 2.13 bits per heavy atom. The molecule has 154 valence electrons. The van der Waals surface area contributed by atoms with Crippen molar-refractivity contribution in [3.05, 3.63) is 63.2 Å². The summed E-state index contributed by atoms with van der Waals surface area (Å²) >= 11 is 0. The standard InChI is InChI=1S/C22H19FN2O5/c1-11-10-30-21-18-13(20(26)15(22(27)28)9-25(11)18)6-16(23)19(21)24-7-12-4-3-5-17(29-2)14(12)8-24/h3-6,9,11H,7-8,10H2,1-2H3,(H,27,28). The summed E-state index contributed by atoms with van der Waals surface area (Å²) in [5.41, 5.74) is 1.60. The fourth-order valence-corrected chi connectivity index (χ4v) is 4.40. The summed E-state index contributed by atoms with van der Waals surface area (Å²) in [4.78, 5) is 26.1. The topological polar surface area (TPSA) is 81.0 Å². The van der Waals surface area contributed by atoms with Gasteiger partial charge in [0.2, 0.25) is 5.43 Å². The van der Waals surface area contributed by atoms with E-state index in [9.17, 15) is 14.7 Å². The average Bonchev–Trinajstić information content (AvgIpc) is 3.15. The third-order valence-corrected chi connectivity index (χ3v) is 5.85. The van der Waals surface area contributed by atoms with Crippen LogP contribution in [-0.2, 0) is 13.1 Å². The monoisotopic (exact) mass is 410 g/mol. The second-order valence-corrected chi connectivity index (χ2v) is 7.63. The van der Waals surface area contributed by atoms with Crippen molar-refractivity contribution in [2.24, 2.45) is 0 Å². The summed E-state index contributed by atoms with van der Waals surface area (Å²) in [6.07, 6.45) is 1.33. The lowest BCUT2D eigenvalue weighted by molar-refractivity contribution is 0.0694. The largest absolute Gasteiger partial charge is 0.496 e. The Morgan fingerprint density at radius 1 is 1.33 bits per heavy atom. The maximum absolute atomic E-state index is 15.3. The number of fused-ring (bicyclic) bond motifs is 1. The van der Waals surface area contributed by atoms with Crippen LogP contribution in [0.4, 0.5) is 10.1 Å². The molecular formula is C22H19FN2O5. The fourth-order valence-electron chi connectivity index (χ4n) is 4.40. The summed E-state index contributed by atoms with van der Waals surface area (Å²) < 4.78 is 28.4. The minimum absolute atomic E-state index is 0.00647. The number of hydrogen-bond acceptors (Lipinski definition) is 5. The van der Waals surface area contributed by atoms with Crippen molar-refractivity contribution < 1.29 is 23.8 Å². The molecule has 30 heavy (non-hydrogen) atoms. The van der Waals surface area contributed by atoms with Gasteiger partial charge in [-0.15, -0.1) is 0 Å². The van der Waals surface area contributed by atoms with E-state index in [1.165, 1.54) is 6.20 Å². The van der Waals surface area contributed by atoms with E-state index in [1.807, 2.05) is 30.0 Å². The number of methoxy groups -OCH3 is 1. The number of benzene rings is 2. The molecule has 0 saturated heterocycles. The highest BCUT2D eigenvalue weighted by atomic mass is 19.1. The first-order valence-electron chi connectivity index (χ1n) is 9.57. The highest BCUT2D eigenvalue weighted by molar-refractivity contribution is 5.97. The first kappa shape index (κ1) is 18.5. The molecule has 7 nitrogen and oxygen atoms in total. The third-order valence-electron chi connectivity index (χ3n) is 5.85. The van der Waals surface area contributed by atoms with E-state index < -0.39 is 17.2 Å². The number of halogens is 1. The number of aromatic nitrogens is 1. The number of nitrogens with zero attached hydrogens (tertiary/aromatic N) is 2. The molecule has 0 radical (unpaired) electrons. The Bertz CT molecular complexity index is 1280. The Morgan fingerprint density at radius 3 is 2.87 bits per heavy atom. The molecule has 2 aliphatic heterocycles. The average molecular weight is 410 g/mol. The van der Waals surface area contributed by atoms with Crippen LogP contribution in [-0.4, -0.2) is 29.4 Å². The molecule has 2 aliphatic rings. The molecule has 3 heterocycles. The first-order valence-corrected chi connectivity index (χ1v) is 9.57. The SMILES string of the molecule is COc1cccc2c1CN(c1c(F)cc3c(=O)c(C(=O)O)cn4c3c1OCC4C)C2. The highest BCUT2D eigenvalue weighted by Gasteiger charge is 2.32. The Labute approximate surface area is 170 Å². The smallest absolute Gasteiger partial charge is 0.341 e. The van der Waals surface area contributed by atoms with Gasteiger partial charge in [0.15, 0.2) is 11.6 Å². The molecule has 1 N–H and O–H groups in total. The molecule has 0 aliphatic carbocycles. The summed E-state index contributed by atoms with van der Waals surface area (Å²) in [5, 5.41) is 9.41. The summed E-state index contributed by atoms with van der Waals surface area (Å²) in [6.45, 7) is 3.01. The van der Waals surface area contributed by atoms with Gasteiger partial charge in [-0.1, -0.05) is 12.1 Å². The first-order chi connectivity index (χ1) is 14.4. The zero-order valence-corrected chi connectivity index (χ0v) is 16.4. The number of rotatable bonds is 3. The van der Waals surface area contributed by atoms with Gasteiger partial charge < -0.3 is 24.0 Å². The minimum Gasteiger partial charge on any atom is -0.496 e. The van der Waals surface area contributed by atoms with Gasteiger partial charge in [0.25, 0.3) is 0 Å². The molecule has 1 aromatic heterocycles. The minimum atomic E-state index is -1.34. The zero-order chi connectivity index (χ0) is 21.2. The lowest BCUT2D eigenvalue weighted by Gasteiger charge is -2.31. The Balaban J connectivity index is 1.74. The molecule has 3 aromatic rings. The number of anilines is 1. The maximum Gasteiger partial charge on any atom is 0.341 e.